The minimum Gasteiger partial charge on any atom is -0.469 e. The predicted octanol–water partition coefficient (Wildman–Crippen LogP) is 1.34. The molecule has 1 atom stereocenters. The molecule has 90 valence electrons. The fourth-order valence-electron chi connectivity index (χ4n) is 1.13. The molecule has 0 fully saturated rings. The second-order valence-electron chi connectivity index (χ2n) is 3.60. The van der Waals surface area contributed by atoms with E-state index in [-0.39, 0.29) is 12.0 Å². The van der Waals surface area contributed by atoms with E-state index in [1.54, 1.807) is 0 Å². The maximum atomic E-state index is 10.9. The van der Waals surface area contributed by atoms with Crippen molar-refractivity contribution in [2.24, 2.45) is 0 Å². The number of hydrogen-bond acceptors (Lipinski definition) is 4. The molecule has 0 radical (unpaired) electrons. The molecule has 0 aliphatic rings. The zero-order valence-corrected chi connectivity index (χ0v) is 10.0. The number of carbonyl (C=O) groups excluding carboxylic acids is 1. The molecular formula is C11H23NO3. The van der Waals surface area contributed by atoms with Crippen LogP contribution in [-0.4, -0.2) is 38.9 Å². The molecule has 0 aliphatic carbocycles. The largest absolute Gasteiger partial charge is 0.469 e. The molecule has 0 amide bonds. The Hall–Kier alpha value is -0.610. The van der Waals surface area contributed by atoms with Crippen LogP contribution in [0.4, 0.5) is 0 Å². The second kappa shape index (κ2) is 9.93. The van der Waals surface area contributed by atoms with Crippen LogP contribution in [0.5, 0.6) is 0 Å². The van der Waals surface area contributed by atoms with Crippen LogP contribution in [-0.2, 0) is 14.3 Å². The molecule has 0 spiro atoms. The number of hydrogen-bond donors (Lipinski definition) is 1. The Morgan fingerprint density at radius 2 is 2.13 bits per heavy atom. The normalized spacial score (nSPS) is 12.5. The van der Waals surface area contributed by atoms with Crippen LogP contribution in [0.1, 0.15) is 33.1 Å². The van der Waals surface area contributed by atoms with Crippen molar-refractivity contribution in [2.45, 2.75) is 39.2 Å². The number of methoxy groups -OCH3 is 1. The van der Waals surface area contributed by atoms with Crippen LogP contribution in [0, 0.1) is 0 Å². The Morgan fingerprint density at radius 3 is 2.73 bits per heavy atom. The topological polar surface area (TPSA) is 47.6 Å². The van der Waals surface area contributed by atoms with Crippen molar-refractivity contribution >= 4 is 5.97 Å². The number of ether oxygens (including phenoxy) is 2. The van der Waals surface area contributed by atoms with Crippen molar-refractivity contribution in [1.82, 2.24) is 5.32 Å². The molecule has 0 bridgehead atoms. The van der Waals surface area contributed by atoms with Crippen LogP contribution >= 0.6 is 0 Å². The standard InChI is InChI=1S/C11H23NO3/c1-4-5-7-15-8-6-12-10(2)9-11(13)14-3/h10,12H,4-9H2,1-3H3. The Kier molecular flexibility index (Phi) is 9.52. The first-order valence-electron chi connectivity index (χ1n) is 5.58. The van der Waals surface area contributed by atoms with Gasteiger partial charge in [0, 0.05) is 19.2 Å². The molecule has 0 rings (SSSR count). The Bertz CT molecular complexity index is 162. The summed E-state index contributed by atoms with van der Waals surface area (Å²) in [5, 5.41) is 3.20. The lowest BCUT2D eigenvalue weighted by Crippen LogP contribution is -2.31. The van der Waals surface area contributed by atoms with Gasteiger partial charge in [-0.2, -0.15) is 0 Å². The Morgan fingerprint density at radius 1 is 1.40 bits per heavy atom. The number of unbranched alkanes of at least 4 members (excludes halogenated alkanes) is 1. The van der Waals surface area contributed by atoms with Crippen molar-refractivity contribution in [1.29, 1.82) is 0 Å². The zero-order chi connectivity index (χ0) is 11.5. The Labute approximate surface area is 92.3 Å². The van der Waals surface area contributed by atoms with Gasteiger partial charge in [-0.25, -0.2) is 0 Å². The van der Waals surface area contributed by atoms with E-state index >= 15 is 0 Å². The van der Waals surface area contributed by atoms with Gasteiger partial charge in [0.05, 0.1) is 20.1 Å². The van der Waals surface area contributed by atoms with Gasteiger partial charge in [0.25, 0.3) is 0 Å². The Balaban J connectivity index is 3.23. The highest BCUT2D eigenvalue weighted by Crippen LogP contribution is 1.92. The monoisotopic (exact) mass is 217 g/mol. The van der Waals surface area contributed by atoms with Gasteiger partial charge >= 0.3 is 5.97 Å². The van der Waals surface area contributed by atoms with E-state index in [0.717, 1.165) is 26.0 Å². The SMILES string of the molecule is CCCCOCCNC(C)CC(=O)OC. The molecule has 0 saturated carbocycles. The molecule has 15 heavy (non-hydrogen) atoms. The molecule has 4 heteroatoms. The summed E-state index contributed by atoms with van der Waals surface area (Å²) in [7, 11) is 1.41. The lowest BCUT2D eigenvalue weighted by molar-refractivity contribution is -0.141. The van der Waals surface area contributed by atoms with Gasteiger partial charge in [-0.3, -0.25) is 4.79 Å². The number of rotatable bonds is 9. The zero-order valence-electron chi connectivity index (χ0n) is 10.0. The maximum Gasteiger partial charge on any atom is 0.307 e. The molecule has 0 aromatic rings. The summed E-state index contributed by atoms with van der Waals surface area (Å²) in [5.74, 6) is -0.179. The van der Waals surface area contributed by atoms with E-state index in [9.17, 15) is 4.79 Å². The molecule has 1 N–H and O–H groups in total. The predicted molar refractivity (Wildman–Crippen MR) is 59.8 cm³/mol. The number of carbonyl (C=O) groups is 1. The maximum absolute atomic E-state index is 10.9. The van der Waals surface area contributed by atoms with Gasteiger partial charge in [0.2, 0.25) is 0 Å². The quantitative estimate of drug-likeness (QED) is 0.468. The molecule has 0 heterocycles. The first-order chi connectivity index (χ1) is 7.20. The highest BCUT2D eigenvalue weighted by Gasteiger charge is 2.07. The summed E-state index contributed by atoms with van der Waals surface area (Å²) < 4.78 is 9.95. The van der Waals surface area contributed by atoms with Crippen LogP contribution in [0.2, 0.25) is 0 Å². The molecular weight excluding hydrogens is 194 g/mol. The number of nitrogens with one attached hydrogen (secondary N) is 1. The van der Waals surface area contributed by atoms with E-state index in [2.05, 4.69) is 17.0 Å². The molecule has 0 aromatic heterocycles. The molecule has 4 nitrogen and oxygen atoms in total. The summed E-state index contributed by atoms with van der Waals surface area (Å²) in [6.07, 6.45) is 2.68. The summed E-state index contributed by atoms with van der Waals surface area (Å²) in [6.45, 7) is 6.40. The van der Waals surface area contributed by atoms with Crippen molar-refractivity contribution in [3.8, 4) is 0 Å². The third-order valence-corrected chi connectivity index (χ3v) is 2.08. The van der Waals surface area contributed by atoms with Crippen molar-refractivity contribution in [3.63, 3.8) is 0 Å². The van der Waals surface area contributed by atoms with Crippen LogP contribution in [0.25, 0.3) is 0 Å². The first kappa shape index (κ1) is 14.4. The van der Waals surface area contributed by atoms with Gasteiger partial charge < -0.3 is 14.8 Å². The third kappa shape index (κ3) is 9.69. The van der Waals surface area contributed by atoms with Crippen molar-refractivity contribution < 1.29 is 14.3 Å². The van der Waals surface area contributed by atoms with E-state index in [0.29, 0.717) is 13.0 Å². The molecule has 1 unspecified atom stereocenters. The summed E-state index contributed by atoms with van der Waals surface area (Å²) >= 11 is 0. The fraction of sp³-hybridized carbons (Fsp3) is 0.909. The van der Waals surface area contributed by atoms with E-state index in [1.807, 2.05) is 6.92 Å². The van der Waals surface area contributed by atoms with E-state index in [1.165, 1.54) is 7.11 Å². The van der Waals surface area contributed by atoms with Crippen LogP contribution in [0.3, 0.4) is 0 Å². The van der Waals surface area contributed by atoms with Gasteiger partial charge in [0.1, 0.15) is 0 Å². The van der Waals surface area contributed by atoms with Gasteiger partial charge in [0.15, 0.2) is 0 Å². The molecule has 0 aliphatic heterocycles. The summed E-state index contributed by atoms with van der Waals surface area (Å²) in [6, 6.07) is 0.146. The smallest absolute Gasteiger partial charge is 0.307 e. The van der Waals surface area contributed by atoms with Gasteiger partial charge in [-0.05, 0) is 13.3 Å². The minimum atomic E-state index is -0.179. The van der Waals surface area contributed by atoms with Gasteiger partial charge in [-0.15, -0.1) is 0 Å². The average Bonchev–Trinajstić information content (AvgIpc) is 2.23. The summed E-state index contributed by atoms with van der Waals surface area (Å²) in [5.41, 5.74) is 0. The van der Waals surface area contributed by atoms with E-state index in [4.69, 9.17) is 4.74 Å². The van der Waals surface area contributed by atoms with Gasteiger partial charge in [-0.1, -0.05) is 13.3 Å². The van der Waals surface area contributed by atoms with Crippen molar-refractivity contribution in [3.05, 3.63) is 0 Å². The number of esters is 1. The third-order valence-electron chi connectivity index (χ3n) is 2.08. The molecule has 0 saturated heterocycles. The summed E-state index contributed by atoms with van der Waals surface area (Å²) in [4.78, 5) is 10.9. The highest BCUT2D eigenvalue weighted by molar-refractivity contribution is 5.69. The fourth-order valence-corrected chi connectivity index (χ4v) is 1.13. The second-order valence-corrected chi connectivity index (χ2v) is 3.60. The molecule has 0 aromatic carbocycles. The van der Waals surface area contributed by atoms with Crippen LogP contribution in [0.15, 0.2) is 0 Å². The van der Waals surface area contributed by atoms with Crippen molar-refractivity contribution in [2.75, 3.05) is 26.9 Å². The lowest BCUT2D eigenvalue weighted by atomic mass is 10.2. The first-order valence-corrected chi connectivity index (χ1v) is 5.58. The highest BCUT2D eigenvalue weighted by atomic mass is 16.5. The van der Waals surface area contributed by atoms with E-state index < -0.39 is 0 Å². The lowest BCUT2D eigenvalue weighted by Gasteiger charge is -2.12. The minimum absolute atomic E-state index is 0.146. The van der Waals surface area contributed by atoms with Crippen LogP contribution < -0.4 is 5.32 Å². The average molecular weight is 217 g/mol.